The fraction of sp³-hybridized carbons (Fsp3) is 0.600. The molecule has 1 fully saturated rings. The van der Waals surface area contributed by atoms with E-state index in [0.717, 1.165) is 44.2 Å². The number of piperazine rings is 1. The molecule has 0 saturated carbocycles. The summed E-state index contributed by atoms with van der Waals surface area (Å²) in [6, 6.07) is 5.42. The molecule has 154 valence electrons. The molecule has 3 amide bonds. The summed E-state index contributed by atoms with van der Waals surface area (Å²) in [5.41, 5.74) is 0.858. The maximum atomic E-state index is 12.4. The van der Waals surface area contributed by atoms with E-state index in [2.05, 4.69) is 22.8 Å². The first kappa shape index (κ1) is 20.4. The lowest BCUT2D eigenvalue weighted by Crippen LogP contribution is -3.29. The van der Waals surface area contributed by atoms with Crippen LogP contribution in [0.15, 0.2) is 18.2 Å². The third-order valence-electron chi connectivity index (χ3n) is 5.22. The number of benzene rings is 1. The van der Waals surface area contributed by atoms with Crippen LogP contribution in [0, 0.1) is 0 Å². The van der Waals surface area contributed by atoms with Crippen molar-refractivity contribution in [1.82, 2.24) is 10.6 Å². The number of nitrogens with one attached hydrogen (secondary N) is 4. The normalized spacial score (nSPS) is 22.4. The van der Waals surface area contributed by atoms with Crippen molar-refractivity contribution in [2.75, 3.05) is 33.0 Å². The van der Waals surface area contributed by atoms with E-state index in [9.17, 15) is 9.59 Å². The highest BCUT2D eigenvalue weighted by atomic mass is 16.7. The SMILES string of the molecule is C[C@H](C(=O)NC(=O)NC(C)(C)C)[NH+]1CC[NH+](Cc2ccc3c(c2)OCO3)CC1. The third-order valence-corrected chi connectivity index (χ3v) is 5.22. The molecule has 2 heterocycles. The fourth-order valence-electron chi connectivity index (χ4n) is 3.65. The van der Waals surface area contributed by atoms with Crippen molar-refractivity contribution < 1.29 is 28.9 Å². The Morgan fingerprint density at radius 1 is 1.11 bits per heavy atom. The lowest BCUT2D eigenvalue weighted by Gasteiger charge is -2.32. The summed E-state index contributed by atoms with van der Waals surface area (Å²) in [7, 11) is 0. The maximum Gasteiger partial charge on any atom is 0.322 e. The van der Waals surface area contributed by atoms with Crippen LogP contribution < -0.4 is 29.9 Å². The summed E-state index contributed by atoms with van der Waals surface area (Å²) in [6.07, 6.45) is 0. The predicted octanol–water partition coefficient (Wildman–Crippen LogP) is -1.29. The molecule has 28 heavy (non-hydrogen) atoms. The van der Waals surface area contributed by atoms with Gasteiger partial charge >= 0.3 is 6.03 Å². The van der Waals surface area contributed by atoms with Crippen LogP contribution in [0.2, 0.25) is 0 Å². The second kappa shape index (κ2) is 8.36. The van der Waals surface area contributed by atoms with E-state index in [1.807, 2.05) is 33.8 Å². The van der Waals surface area contributed by atoms with Gasteiger partial charge < -0.3 is 24.6 Å². The lowest BCUT2D eigenvalue weighted by atomic mass is 10.1. The smallest absolute Gasteiger partial charge is 0.322 e. The Morgan fingerprint density at radius 2 is 1.79 bits per heavy atom. The molecule has 0 unspecified atom stereocenters. The van der Waals surface area contributed by atoms with Gasteiger partial charge in [0.05, 0.1) is 0 Å². The average Bonchev–Trinajstić information content (AvgIpc) is 3.08. The molecule has 8 nitrogen and oxygen atoms in total. The number of rotatable bonds is 4. The van der Waals surface area contributed by atoms with Crippen molar-refractivity contribution in [3.63, 3.8) is 0 Å². The van der Waals surface area contributed by atoms with Gasteiger partial charge in [0.1, 0.15) is 32.7 Å². The molecule has 1 saturated heterocycles. The zero-order valence-electron chi connectivity index (χ0n) is 17.2. The van der Waals surface area contributed by atoms with Crippen LogP contribution >= 0.6 is 0 Å². The van der Waals surface area contributed by atoms with Crippen molar-refractivity contribution in [3.8, 4) is 11.5 Å². The van der Waals surface area contributed by atoms with Crippen molar-refractivity contribution in [2.24, 2.45) is 0 Å². The molecule has 1 atom stereocenters. The van der Waals surface area contributed by atoms with Gasteiger partial charge in [0.15, 0.2) is 17.5 Å². The van der Waals surface area contributed by atoms with Gasteiger partial charge in [-0.3, -0.25) is 10.1 Å². The Kier molecular flexibility index (Phi) is 6.10. The standard InChI is InChI=1S/C20H30N4O4/c1-14(18(25)21-19(26)22-20(2,3)4)24-9-7-23(8-10-24)12-15-5-6-16-17(11-15)28-13-27-16/h5-6,11,14H,7-10,12-13H2,1-4H3,(H2,21,22,25,26)/p+2/t14-/m1/s1. The van der Waals surface area contributed by atoms with E-state index >= 15 is 0 Å². The molecule has 1 aromatic carbocycles. The molecular formula is C20H32N4O4+2. The Labute approximate surface area is 166 Å². The lowest BCUT2D eigenvalue weighted by molar-refractivity contribution is -1.02. The first-order chi connectivity index (χ1) is 13.2. The summed E-state index contributed by atoms with van der Waals surface area (Å²) in [5.74, 6) is 1.40. The summed E-state index contributed by atoms with van der Waals surface area (Å²) in [4.78, 5) is 27.0. The van der Waals surface area contributed by atoms with Gasteiger partial charge in [-0.05, 0) is 45.9 Å². The number of quaternary nitrogens is 2. The quantitative estimate of drug-likeness (QED) is 0.514. The number of ether oxygens (including phenoxy) is 2. The van der Waals surface area contributed by atoms with Crippen LogP contribution in [-0.4, -0.2) is 56.5 Å². The number of carbonyl (C=O) groups excluding carboxylic acids is 2. The predicted molar refractivity (Wildman–Crippen MR) is 104 cm³/mol. The van der Waals surface area contributed by atoms with Crippen molar-refractivity contribution in [2.45, 2.75) is 45.8 Å². The molecule has 0 aliphatic carbocycles. The molecule has 2 aliphatic heterocycles. The van der Waals surface area contributed by atoms with Crippen LogP contribution in [0.1, 0.15) is 33.3 Å². The van der Waals surface area contributed by atoms with Gasteiger partial charge in [-0.15, -0.1) is 0 Å². The van der Waals surface area contributed by atoms with Gasteiger partial charge in [0.25, 0.3) is 5.91 Å². The van der Waals surface area contributed by atoms with Gasteiger partial charge in [0, 0.05) is 11.1 Å². The molecule has 1 aromatic rings. The minimum Gasteiger partial charge on any atom is -0.454 e. The molecule has 3 rings (SSSR count). The van der Waals surface area contributed by atoms with Gasteiger partial charge in [-0.2, -0.15) is 0 Å². The minimum absolute atomic E-state index is 0.226. The van der Waals surface area contributed by atoms with Crippen molar-refractivity contribution in [3.05, 3.63) is 23.8 Å². The first-order valence-electron chi connectivity index (χ1n) is 9.91. The molecular weight excluding hydrogens is 360 g/mol. The van der Waals surface area contributed by atoms with E-state index in [0.29, 0.717) is 6.79 Å². The zero-order chi connectivity index (χ0) is 20.3. The number of hydrogen-bond acceptors (Lipinski definition) is 4. The summed E-state index contributed by atoms with van der Waals surface area (Å²) < 4.78 is 10.8. The average molecular weight is 393 g/mol. The maximum absolute atomic E-state index is 12.4. The highest BCUT2D eigenvalue weighted by molar-refractivity contribution is 5.96. The summed E-state index contributed by atoms with van der Waals surface area (Å²) >= 11 is 0. The van der Waals surface area contributed by atoms with Crippen LogP contribution in [0.4, 0.5) is 4.79 Å². The number of urea groups is 1. The number of hydrogen-bond donors (Lipinski definition) is 4. The van der Waals surface area contributed by atoms with Crippen LogP contribution in [0.3, 0.4) is 0 Å². The summed E-state index contributed by atoms with van der Waals surface area (Å²) in [5, 5.41) is 5.22. The Hall–Kier alpha value is -2.32. The zero-order valence-corrected chi connectivity index (χ0v) is 17.2. The van der Waals surface area contributed by atoms with Crippen LogP contribution in [0.25, 0.3) is 0 Å². The molecule has 0 spiro atoms. The van der Waals surface area contributed by atoms with Gasteiger partial charge in [-0.1, -0.05) is 0 Å². The third kappa shape index (κ3) is 5.36. The highest BCUT2D eigenvalue weighted by Crippen LogP contribution is 2.32. The van der Waals surface area contributed by atoms with Crippen molar-refractivity contribution in [1.29, 1.82) is 0 Å². The second-order valence-electron chi connectivity index (χ2n) is 8.69. The number of carbonyl (C=O) groups is 2. The molecule has 8 heteroatoms. The minimum atomic E-state index is -0.434. The van der Waals surface area contributed by atoms with Crippen molar-refractivity contribution >= 4 is 11.9 Å². The van der Waals surface area contributed by atoms with E-state index in [1.165, 1.54) is 15.4 Å². The van der Waals surface area contributed by atoms with Crippen LogP contribution in [0.5, 0.6) is 11.5 Å². The summed E-state index contributed by atoms with van der Waals surface area (Å²) in [6.45, 7) is 12.5. The van der Waals surface area contributed by atoms with Gasteiger partial charge in [-0.25, -0.2) is 4.79 Å². The molecule has 2 aliphatic rings. The van der Waals surface area contributed by atoms with E-state index in [-0.39, 0.29) is 17.5 Å². The van der Waals surface area contributed by atoms with E-state index < -0.39 is 6.03 Å². The number of fused-ring (bicyclic) bond motifs is 1. The Bertz CT molecular complexity index is 723. The fourth-order valence-corrected chi connectivity index (χ4v) is 3.65. The van der Waals surface area contributed by atoms with E-state index in [4.69, 9.17) is 9.47 Å². The van der Waals surface area contributed by atoms with Crippen LogP contribution in [-0.2, 0) is 11.3 Å². The topological polar surface area (TPSA) is 85.5 Å². The molecule has 0 aromatic heterocycles. The van der Waals surface area contributed by atoms with E-state index in [1.54, 1.807) is 0 Å². The monoisotopic (exact) mass is 392 g/mol. The number of amides is 3. The Morgan fingerprint density at radius 3 is 2.46 bits per heavy atom. The highest BCUT2D eigenvalue weighted by Gasteiger charge is 2.32. The first-order valence-corrected chi connectivity index (χ1v) is 9.91. The van der Waals surface area contributed by atoms with Gasteiger partial charge in [0.2, 0.25) is 6.79 Å². The largest absolute Gasteiger partial charge is 0.454 e. The molecule has 0 radical (unpaired) electrons. The number of imide groups is 1. The second-order valence-corrected chi connectivity index (χ2v) is 8.69. The molecule has 0 bridgehead atoms. The molecule has 4 N–H and O–H groups in total. The Balaban J connectivity index is 1.45.